The summed E-state index contributed by atoms with van der Waals surface area (Å²) < 4.78 is 0. The number of aromatic nitrogens is 1. The first-order valence-electron chi connectivity index (χ1n) is 9.80. The van der Waals surface area contributed by atoms with Crippen LogP contribution in [0.3, 0.4) is 0 Å². The molecule has 1 aromatic rings. The molecule has 1 aromatic heterocycles. The number of carbonyl (C=O) groups excluding carboxylic acids is 2. The van der Waals surface area contributed by atoms with Gasteiger partial charge < -0.3 is 14.8 Å². The van der Waals surface area contributed by atoms with E-state index in [1.165, 1.54) is 18.9 Å². The highest BCUT2D eigenvalue weighted by Crippen LogP contribution is 2.42. The SMILES string of the molecule is Cc1cc(C(=O)N2CCC3(CCCN(C4CCCC4)C3=O)C2)cc(=O)[nH]1. The van der Waals surface area contributed by atoms with E-state index in [1.54, 1.807) is 17.9 Å². The van der Waals surface area contributed by atoms with Crippen molar-refractivity contribution in [1.29, 1.82) is 0 Å². The molecule has 6 heteroatoms. The van der Waals surface area contributed by atoms with Crippen molar-refractivity contribution >= 4 is 11.8 Å². The molecule has 3 aliphatic rings. The molecule has 140 valence electrons. The summed E-state index contributed by atoms with van der Waals surface area (Å²) in [5, 5.41) is 0. The van der Waals surface area contributed by atoms with Gasteiger partial charge in [-0.05, 0) is 45.1 Å². The number of H-pyrrole nitrogens is 1. The van der Waals surface area contributed by atoms with Crippen LogP contribution in [0.25, 0.3) is 0 Å². The van der Waals surface area contributed by atoms with Gasteiger partial charge in [-0.3, -0.25) is 14.4 Å². The van der Waals surface area contributed by atoms with Crippen molar-refractivity contribution in [2.45, 2.75) is 57.9 Å². The Morgan fingerprint density at radius 2 is 1.88 bits per heavy atom. The Bertz CT molecular complexity index is 781. The molecule has 1 spiro atoms. The lowest BCUT2D eigenvalue weighted by atomic mass is 9.77. The number of hydrogen-bond acceptors (Lipinski definition) is 3. The van der Waals surface area contributed by atoms with Crippen LogP contribution in [0, 0.1) is 12.3 Å². The fraction of sp³-hybridized carbons (Fsp3) is 0.650. The van der Waals surface area contributed by atoms with Gasteiger partial charge in [0.2, 0.25) is 11.5 Å². The van der Waals surface area contributed by atoms with Crippen LogP contribution in [0.5, 0.6) is 0 Å². The van der Waals surface area contributed by atoms with E-state index in [0.717, 1.165) is 38.6 Å². The van der Waals surface area contributed by atoms with Crippen LogP contribution in [0.2, 0.25) is 0 Å². The summed E-state index contributed by atoms with van der Waals surface area (Å²) in [7, 11) is 0. The van der Waals surface area contributed by atoms with E-state index in [1.807, 2.05) is 0 Å². The predicted molar refractivity (Wildman–Crippen MR) is 98.0 cm³/mol. The Morgan fingerprint density at radius 3 is 2.62 bits per heavy atom. The first-order valence-corrected chi connectivity index (χ1v) is 9.80. The molecule has 26 heavy (non-hydrogen) atoms. The number of aryl methyl sites for hydroxylation is 1. The summed E-state index contributed by atoms with van der Waals surface area (Å²) >= 11 is 0. The summed E-state index contributed by atoms with van der Waals surface area (Å²) in [6.45, 7) is 3.72. The Balaban J connectivity index is 1.52. The zero-order valence-corrected chi connectivity index (χ0v) is 15.4. The number of rotatable bonds is 2. The fourth-order valence-electron chi connectivity index (χ4n) is 5.08. The number of carbonyl (C=O) groups is 2. The van der Waals surface area contributed by atoms with Crippen LogP contribution in [-0.4, -0.2) is 52.3 Å². The predicted octanol–water partition coefficient (Wildman–Crippen LogP) is 2.08. The van der Waals surface area contributed by atoms with Crippen molar-refractivity contribution in [2.75, 3.05) is 19.6 Å². The summed E-state index contributed by atoms with van der Waals surface area (Å²) in [6.07, 6.45) is 7.31. The summed E-state index contributed by atoms with van der Waals surface area (Å²) in [4.78, 5) is 44.4. The zero-order valence-electron chi connectivity index (χ0n) is 15.4. The van der Waals surface area contributed by atoms with Gasteiger partial charge in [0.25, 0.3) is 5.91 Å². The molecule has 1 atom stereocenters. The molecule has 4 rings (SSSR count). The third kappa shape index (κ3) is 2.95. The molecule has 0 radical (unpaired) electrons. The standard InChI is InChI=1S/C20H27N3O3/c1-14-11-15(12-17(24)21-14)18(25)22-10-8-20(13-22)7-4-9-23(19(20)26)16-5-2-3-6-16/h11-12,16H,2-10,13H2,1H3,(H,21,24). The number of aromatic amines is 1. The van der Waals surface area contributed by atoms with Crippen LogP contribution >= 0.6 is 0 Å². The molecule has 1 saturated carbocycles. The molecule has 1 unspecified atom stereocenters. The van der Waals surface area contributed by atoms with E-state index in [0.29, 0.717) is 30.4 Å². The molecule has 1 N–H and O–H groups in total. The van der Waals surface area contributed by atoms with Crippen LogP contribution < -0.4 is 5.56 Å². The molecule has 3 heterocycles. The Kier molecular flexibility index (Phi) is 4.37. The highest BCUT2D eigenvalue weighted by atomic mass is 16.2. The lowest BCUT2D eigenvalue weighted by molar-refractivity contribution is -0.148. The van der Waals surface area contributed by atoms with Crippen LogP contribution in [0.4, 0.5) is 0 Å². The van der Waals surface area contributed by atoms with E-state index in [4.69, 9.17) is 0 Å². The number of pyridine rings is 1. The van der Waals surface area contributed by atoms with Gasteiger partial charge in [0, 0.05) is 43.0 Å². The van der Waals surface area contributed by atoms with E-state index >= 15 is 0 Å². The largest absolute Gasteiger partial charge is 0.339 e. The lowest BCUT2D eigenvalue weighted by Gasteiger charge is -2.42. The van der Waals surface area contributed by atoms with Crippen molar-refractivity contribution in [3.05, 3.63) is 33.7 Å². The van der Waals surface area contributed by atoms with Gasteiger partial charge in [0.15, 0.2) is 0 Å². The summed E-state index contributed by atoms with van der Waals surface area (Å²) in [6, 6.07) is 3.47. The second kappa shape index (κ2) is 6.56. The van der Waals surface area contributed by atoms with Gasteiger partial charge in [-0.1, -0.05) is 12.8 Å². The van der Waals surface area contributed by atoms with E-state index in [2.05, 4.69) is 9.88 Å². The Labute approximate surface area is 153 Å². The molecule has 3 fully saturated rings. The van der Waals surface area contributed by atoms with E-state index in [9.17, 15) is 14.4 Å². The minimum absolute atomic E-state index is 0.137. The zero-order chi connectivity index (χ0) is 18.3. The van der Waals surface area contributed by atoms with Crippen molar-refractivity contribution in [1.82, 2.24) is 14.8 Å². The van der Waals surface area contributed by atoms with Gasteiger partial charge in [-0.15, -0.1) is 0 Å². The number of nitrogens with zero attached hydrogens (tertiary/aromatic N) is 2. The molecule has 0 bridgehead atoms. The Hall–Kier alpha value is -2.11. The van der Waals surface area contributed by atoms with Crippen molar-refractivity contribution < 1.29 is 9.59 Å². The first-order chi connectivity index (χ1) is 12.5. The lowest BCUT2D eigenvalue weighted by Crippen LogP contribution is -2.53. The van der Waals surface area contributed by atoms with Crippen molar-refractivity contribution in [3.8, 4) is 0 Å². The van der Waals surface area contributed by atoms with E-state index < -0.39 is 5.41 Å². The van der Waals surface area contributed by atoms with Gasteiger partial charge in [0.1, 0.15) is 0 Å². The number of amides is 2. The number of nitrogens with one attached hydrogen (secondary N) is 1. The van der Waals surface area contributed by atoms with Gasteiger partial charge in [-0.2, -0.15) is 0 Å². The van der Waals surface area contributed by atoms with Gasteiger partial charge >= 0.3 is 0 Å². The van der Waals surface area contributed by atoms with E-state index in [-0.39, 0.29) is 17.4 Å². The average Bonchev–Trinajstić information content (AvgIpc) is 3.27. The maximum absolute atomic E-state index is 13.3. The fourth-order valence-corrected chi connectivity index (χ4v) is 5.08. The van der Waals surface area contributed by atoms with Crippen molar-refractivity contribution in [3.63, 3.8) is 0 Å². The second-order valence-electron chi connectivity index (χ2n) is 8.21. The quantitative estimate of drug-likeness (QED) is 0.881. The topological polar surface area (TPSA) is 73.5 Å². The highest BCUT2D eigenvalue weighted by molar-refractivity contribution is 5.95. The molecule has 6 nitrogen and oxygen atoms in total. The highest BCUT2D eigenvalue weighted by Gasteiger charge is 2.50. The minimum atomic E-state index is -0.410. The number of piperidine rings is 1. The van der Waals surface area contributed by atoms with Gasteiger partial charge in [-0.25, -0.2) is 0 Å². The summed E-state index contributed by atoms with van der Waals surface area (Å²) in [5.41, 5.74) is 0.422. The van der Waals surface area contributed by atoms with Crippen LogP contribution in [0.1, 0.15) is 61.0 Å². The van der Waals surface area contributed by atoms with Crippen LogP contribution in [0.15, 0.2) is 16.9 Å². The van der Waals surface area contributed by atoms with Gasteiger partial charge in [0.05, 0.1) is 5.41 Å². The molecule has 2 saturated heterocycles. The monoisotopic (exact) mass is 357 g/mol. The molecular weight excluding hydrogens is 330 g/mol. The molecule has 1 aliphatic carbocycles. The number of likely N-dealkylation sites (tertiary alicyclic amines) is 2. The van der Waals surface area contributed by atoms with Crippen LogP contribution in [-0.2, 0) is 4.79 Å². The maximum Gasteiger partial charge on any atom is 0.254 e. The molecular formula is C20H27N3O3. The summed E-state index contributed by atoms with van der Waals surface area (Å²) in [5.74, 6) is 0.120. The third-order valence-electron chi connectivity index (χ3n) is 6.40. The molecule has 0 aromatic carbocycles. The molecule has 2 amide bonds. The third-order valence-corrected chi connectivity index (χ3v) is 6.40. The average molecular weight is 357 g/mol. The molecule has 2 aliphatic heterocycles. The maximum atomic E-state index is 13.3. The normalized spacial score (nSPS) is 26.9. The van der Waals surface area contributed by atoms with Crippen molar-refractivity contribution in [2.24, 2.45) is 5.41 Å². The number of hydrogen-bond donors (Lipinski definition) is 1. The first kappa shape index (κ1) is 17.3. The smallest absolute Gasteiger partial charge is 0.254 e. The Morgan fingerprint density at radius 1 is 1.12 bits per heavy atom. The second-order valence-corrected chi connectivity index (χ2v) is 8.21. The minimum Gasteiger partial charge on any atom is -0.339 e.